The molecule has 2 rings (SSSR count). The van der Waals surface area contributed by atoms with Gasteiger partial charge < -0.3 is 0 Å². The number of sulfonamides is 1. The lowest BCUT2D eigenvalue weighted by Crippen LogP contribution is -2.27. The number of hydrogen-bond acceptors (Lipinski definition) is 5. The molecule has 0 saturated carbocycles. The fraction of sp³-hybridized carbons (Fsp3) is 0.182. The molecule has 0 unspecified atom stereocenters. The first-order valence-electron chi connectivity index (χ1n) is 5.80. The van der Waals surface area contributed by atoms with Gasteiger partial charge in [-0.1, -0.05) is 6.07 Å². The Morgan fingerprint density at radius 3 is 2.81 bits per heavy atom. The number of hydrogen-bond donors (Lipinski definition) is 1. The van der Waals surface area contributed by atoms with Crippen LogP contribution in [-0.4, -0.2) is 29.7 Å². The molecule has 112 valence electrons. The fourth-order valence-corrected chi connectivity index (χ4v) is 2.99. The van der Waals surface area contributed by atoms with Crippen molar-refractivity contribution in [3.8, 4) is 0 Å². The van der Waals surface area contributed by atoms with Gasteiger partial charge in [0.1, 0.15) is 0 Å². The normalized spacial score (nSPS) is 11.5. The molecule has 2 aromatic rings. The van der Waals surface area contributed by atoms with Crippen molar-refractivity contribution in [1.82, 2.24) is 14.5 Å². The van der Waals surface area contributed by atoms with E-state index in [1.165, 1.54) is 18.2 Å². The van der Waals surface area contributed by atoms with Gasteiger partial charge in [-0.2, -0.15) is 5.10 Å². The summed E-state index contributed by atoms with van der Waals surface area (Å²) in [6, 6.07) is 4.89. The zero-order valence-electron chi connectivity index (χ0n) is 10.6. The standard InChI is InChI=1S/C11H11BrN4O4S/c12-9-7-13-15(8-9)5-4-14-21(19,20)11-3-1-2-10(6-11)16(17)18/h1-3,6-8,14H,4-5H2. The van der Waals surface area contributed by atoms with Crippen LogP contribution in [0.3, 0.4) is 0 Å². The molecule has 0 fully saturated rings. The van der Waals surface area contributed by atoms with Crippen molar-refractivity contribution in [1.29, 1.82) is 0 Å². The van der Waals surface area contributed by atoms with Gasteiger partial charge in [-0.15, -0.1) is 0 Å². The third-order valence-corrected chi connectivity index (χ3v) is 4.44. The van der Waals surface area contributed by atoms with Crippen LogP contribution in [0.5, 0.6) is 0 Å². The molecule has 8 nitrogen and oxygen atoms in total. The second-order valence-electron chi connectivity index (χ2n) is 4.07. The van der Waals surface area contributed by atoms with Crippen LogP contribution in [-0.2, 0) is 16.6 Å². The van der Waals surface area contributed by atoms with Gasteiger partial charge in [0.15, 0.2) is 0 Å². The van der Waals surface area contributed by atoms with Crippen LogP contribution in [0.25, 0.3) is 0 Å². The van der Waals surface area contributed by atoms with Crippen LogP contribution >= 0.6 is 15.9 Å². The number of aromatic nitrogens is 2. The van der Waals surface area contributed by atoms with Gasteiger partial charge in [0.25, 0.3) is 5.69 Å². The Morgan fingerprint density at radius 1 is 1.43 bits per heavy atom. The Morgan fingerprint density at radius 2 is 2.19 bits per heavy atom. The lowest BCUT2D eigenvalue weighted by atomic mass is 10.3. The smallest absolute Gasteiger partial charge is 0.270 e. The van der Waals surface area contributed by atoms with Gasteiger partial charge in [-0.25, -0.2) is 13.1 Å². The summed E-state index contributed by atoms with van der Waals surface area (Å²) in [6.45, 7) is 0.471. The van der Waals surface area contributed by atoms with Crippen molar-refractivity contribution in [3.05, 3.63) is 51.2 Å². The number of rotatable bonds is 6. The second kappa shape index (κ2) is 6.33. The molecule has 10 heteroatoms. The van der Waals surface area contributed by atoms with E-state index >= 15 is 0 Å². The van der Waals surface area contributed by atoms with Crippen LogP contribution in [0, 0.1) is 10.1 Å². The SMILES string of the molecule is O=[N+]([O-])c1cccc(S(=O)(=O)NCCn2cc(Br)cn2)c1. The molecule has 0 aliphatic rings. The van der Waals surface area contributed by atoms with Gasteiger partial charge >= 0.3 is 0 Å². The lowest BCUT2D eigenvalue weighted by molar-refractivity contribution is -0.385. The molecule has 21 heavy (non-hydrogen) atoms. The molecule has 1 aromatic heterocycles. The molecule has 1 aromatic carbocycles. The molecule has 0 radical (unpaired) electrons. The van der Waals surface area contributed by atoms with E-state index in [4.69, 9.17) is 0 Å². The molecule has 1 heterocycles. The minimum absolute atomic E-state index is 0.124. The van der Waals surface area contributed by atoms with E-state index in [1.807, 2.05) is 0 Å². The highest BCUT2D eigenvalue weighted by Gasteiger charge is 2.17. The quantitative estimate of drug-likeness (QED) is 0.609. The summed E-state index contributed by atoms with van der Waals surface area (Å²) in [4.78, 5) is 9.88. The predicted octanol–water partition coefficient (Wildman–Crippen LogP) is 1.53. The predicted molar refractivity (Wildman–Crippen MR) is 78.2 cm³/mol. The summed E-state index contributed by atoms with van der Waals surface area (Å²) in [5.74, 6) is 0. The fourth-order valence-electron chi connectivity index (χ4n) is 1.60. The highest BCUT2D eigenvalue weighted by molar-refractivity contribution is 9.10. The Labute approximate surface area is 129 Å². The number of non-ortho nitro benzene ring substituents is 1. The molecule has 1 N–H and O–H groups in total. The Hall–Kier alpha value is -1.78. The summed E-state index contributed by atoms with van der Waals surface area (Å²) < 4.78 is 28.8. The lowest BCUT2D eigenvalue weighted by Gasteiger charge is -2.06. The molecular formula is C11H11BrN4O4S. The average molecular weight is 375 g/mol. The van der Waals surface area contributed by atoms with E-state index < -0.39 is 14.9 Å². The molecule has 0 amide bonds. The number of nitro benzene ring substituents is 1. The molecular weight excluding hydrogens is 364 g/mol. The van der Waals surface area contributed by atoms with Crippen LogP contribution in [0.4, 0.5) is 5.69 Å². The molecule has 0 bridgehead atoms. The van der Waals surface area contributed by atoms with Gasteiger partial charge in [0.2, 0.25) is 10.0 Å². The summed E-state index contributed by atoms with van der Waals surface area (Å²) in [5.41, 5.74) is -0.270. The Balaban J connectivity index is 2.04. The number of nitrogens with one attached hydrogen (secondary N) is 1. The highest BCUT2D eigenvalue weighted by Crippen LogP contribution is 2.17. The molecule has 0 saturated heterocycles. The van der Waals surface area contributed by atoms with Crippen molar-refractivity contribution in [2.45, 2.75) is 11.4 Å². The first-order valence-corrected chi connectivity index (χ1v) is 8.08. The van der Waals surface area contributed by atoms with Crippen LogP contribution < -0.4 is 4.72 Å². The number of halogens is 1. The maximum atomic E-state index is 12.0. The number of nitrogens with zero attached hydrogens (tertiary/aromatic N) is 3. The van der Waals surface area contributed by atoms with E-state index in [9.17, 15) is 18.5 Å². The summed E-state index contributed by atoms with van der Waals surface area (Å²) >= 11 is 3.24. The number of nitro groups is 1. The maximum absolute atomic E-state index is 12.0. The topological polar surface area (TPSA) is 107 Å². The Bertz CT molecular complexity index is 759. The van der Waals surface area contributed by atoms with Gasteiger partial charge in [0.05, 0.1) is 27.0 Å². The van der Waals surface area contributed by atoms with Gasteiger partial charge in [-0.05, 0) is 22.0 Å². The Kier molecular flexibility index (Phi) is 4.70. The third kappa shape index (κ3) is 4.09. The molecule has 0 spiro atoms. The second-order valence-corrected chi connectivity index (χ2v) is 6.76. The zero-order valence-corrected chi connectivity index (χ0v) is 13.0. The largest absolute Gasteiger partial charge is 0.270 e. The van der Waals surface area contributed by atoms with Crippen molar-refractivity contribution < 1.29 is 13.3 Å². The highest BCUT2D eigenvalue weighted by atomic mass is 79.9. The van der Waals surface area contributed by atoms with Crippen LogP contribution in [0.1, 0.15) is 0 Å². The monoisotopic (exact) mass is 374 g/mol. The summed E-state index contributed by atoms with van der Waals surface area (Å²) in [5, 5.41) is 14.6. The van der Waals surface area contributed by atoms with E-state index in [2.05, 4.69) is 25.8 Å². The summed E-state index contributed by atoms with van der Waals surface area (Å²) in [6.07, 6.45) is 3.30. The van der Waals surface area contributed by atoms with E-state index in [0.29, 0.717) is 6.54 Å². The molecule has 0 aliphatic carbocycles. The van der Waals surface area contributed by atoms with E-state index in [1.54, 1.807) is 17.1 Å². The first kappa shape index (κ1) is 15.6. The first-order chi connectivity index (χ1) is 9.88. The molecule has 0 atom stereocenters. The minimum atomic E-state index is -3.79. The summed E-state index contributed by atoms with van der Waals surface area (Å²) in [7, 11) is -3.79. The third-order valence-electron chi connectivity index (χ3n) is 2.57. The maximum Gasteiger partial charge on any atom is 0.270 e. The van der Waals surface area contributed by atoms with Crippen molar-refractivity contribution in [2.24, 2.45) is 0 Å². The van der Waals surface area contributed by atoms with E-state index in [-0.39, 0.29) is 17.1 Å². The van der Waals surface area contributed by atoms with Gasteiger partial charge in [0, 0.05) is 24.9 Å². The van der Waals surface area contributed by atoms with Crippen molar-refractivity contribution in [2.75, 3.05) is 6.54 Å². The van der Waals surface area contributed by atoms with Crippen LogP contribution in [0.2, 0.25) is 0 Å². The molecule has 0 aliphatic heterocycles. The average Bonchev–Trinajstić information content (AvgIpc) is 2.84. The van der Waals surface area contributed by atoms with Gasteiger partial charge in [-0.3, -0.25) is 14.8 Å². The van der Waals surface area contributed by atoms with Crippen molar-refractivity contribution >= 4 is 31.6 Å². The van der Waals surface area contributed by atoms with Crippen LogP contribution in [0.15, 0.2) is 46.0 Å². The van der Waals surface area contributed by atoms with Crippen molar-refractivity contribution in [3.63, 3.8) is 0 Å². The minimum Gasteiger partial charge on any atom is -0.270 e. The zero-order chi connectivity index (χ0) is 15.5. The van der Waals surface area contributed by atoms with E-state index in [0.717, 1.165) is 10.5 Å². The number of benzene rings is 1.